The minimum absolute atomic E-state index is 0.556. The first-order valence-corrected chi connectivity index (χ1v) is 4.16. The molecule has 0 amide bonds. The number of methoxy groups -OCH3 is 2. The average Bonchev–Trinajstić information content (AvgIpc) is 2.15. The molecule has 2 aliphatic carbocycles. The molecule has 0 aromatic heterocycles. The normalized spacial score (nSPS) is 9.15. The predicted octanol–water partition coefficient (Wildman–Crippen LogP) is 2.81. The number of fused-ring (bicyclic) bond motifs is 1. The van der Waals surface area contributed by atoms with E-state index in [1.165, 1.54) is 11.1 Å². The first-order chi connectivity index (χ1) is 6.31. The number of benzene rings is 1. The third kappa shape index (κ3) is 2.25. The fourth-order valence-electron chi connectivity index (χ4n) is 0.982. The van der Waals surface area contributed by atoms with Gasteiger partial charge in [0.2, 0.25) is 0 Å². The van der Waals surface area contributed by atoms with E-state index in [4.69, 9.17) is 0 Å². The average molecular weight is 178 g/mol. The van der Waals surface area contributed by atoms with E-state index in [0.717, 1.165) is 0 Å². The van der Waals surface area contributed by atoms with E-state index in [9.17, 15) is 0 Å². The molecule has 13 heavy (non-hydrogen) atoms. The van der Waals surface area contributed by atoms with Crippen molar-refractivity contribution in [2.24, 2.45) is 0 Å². The van der Waals surface area contributed by atoms with E-state index in [1.54, 1.807) is 20.3 Å². The summed E-state index contributed by atoms with van der Waals surface area (Å²) in [5.74, 6) is 0.556. The van der Waals surface area contributed by atoms with E-state index < -0.39 is 0 Å². The summed E-state index contributed by atoms with van der Waals surface area (Å²) in [5.41, 5.74) is 2.85. The maximum Gasteiger partial charge on any atom is 0.274 e. The molecule has 70 valence electrons. The van der Waals surface area contributed by atoms with Gasteiger partial charge in [-0.1, -0.05) is 24.3 Å². The van der Waals surface area contributed by atoms with Crippen LogP contribution in [0.3, 0.4) is 0 Å². The summed E-state index contributed by atoms with van der Waals surface area (Å²) < 4.78 is 9.38. The zero-order valence-electron chi connectivity index (χ0n) is 8.20. The van der Waals surface area contributed by atoms with Crippen molar-refractivity contribution in [1.29, 1.82) is 0 Å². The van der Waals surface area contributed by atoms with Crippen LogP contribution in [0.5, 0.6) is 0 Å². The lowest BCUT2D eigenvalue weighted by molar-refractivity contribution is 0.0948. The Morgan fingerprint density at radius 2 is 1.38 bits per heavy atom. The first-order valence-electron chi connectivity index (χ1n) is 4.16. The highest BCUT2D eigenvalue weighted by Gasteiger charge is 2.03. The predicted molar refractivity (Wildman–Crippen MR) is 53.2 cm³/mol. The molecule has 0 aromatic rings. The van der Waals surface area contributed by atoms with Crippen molar-refractivity contribution in [3.05, 3.63) is 36.3 Å². The lowest BCUT2D eigenvalue weighted by Gasteiger charge is -2.10. The first kappa shape index (κ1) is 9.65. The van der Waals surface area contributed by atoms with Crippen LogP contribution >= 0.6 is 0 Å². The van der Waals surface area contributed by atoms with Crippen molar-refractivity contribution in [2.75, 3.05) is 14.2 Å². The minimum atomic E-state index is 0.556. The van der Waals surface area contributed by atoms with Crippen molar-refractivity contribution in [2.45, 2.75) is 6.92 Å². The minimum Gasteiger partial charge on any atom is -0.469 e. The second-order valence-electron chi connectivity index (χ2n) is 2.59. The van der Waals surface area contributed by atoms with Gasteiger partial charge in [0.15, 0.2) is 0 Å². The Hall–Kier alpha value is -1.44. The third-order valence-corrected chi connectivity index (χ3v) is 1.86. The Morgan fingerprint density at radius 3 is 1.38 bits per heavy atom. The summed E-state index contributed by atoms with van der Waals surface area (Å²) in [6.07, 6.45) is 1.75. The van der Waals surface area contributed by atoms with Gasteiger partial charge in [-0.3, -0.25) is 0 Å². The lowest BCUT2D eigenvalue weighted by atomic mass is 9.95. The molecule has 0 saturated heterocycles. The highest BCUT2D eigenvalue weighted by atomic mass is 16.7. The van der Waals surface area contributed by atoms with Gasteiger partial charge in [0.25, 0.3) is 5.95 Å². The molecule has 2 aliphatic rings. The van der Waals surface area contributed by atoms with Crippen LogP contribution in [0.15, 0.2) is 36.3 Å². The molecular weight excluding hydrogens is 164 g/mol. The van der Waals surface area contributed by atoms with Crippen molar-refractivity contribution in [1.82, 2.24) is 0 Å². The maximum atomic E-state index is 4.69. The number of hydrogen-bond acceptors (Lipinski definition) is 2. The molecule has 0 heterocycles. The number of hydrogen-bond donors (Lipinski definition) is 0. The number of ether oxygens (including phenoxy) is 2. The fraction of sp³-hybridized carbons (Fsp3) is 0.273. The van der Waals surface area contributed by atoms with Crippen molar-refractivity contribution in [3.63, 3.8) is 0 Å². The molecule has 0 N–H and O–H groups in total. The van der Waals surface area contributed by atoms with E-state index in [1.807, 2.05) is 6.92 Å². The fourth-order valence-corrected chi connectivity index (χ4v) is 0.982. The highest BCUT2D eigenvalue weighted by molar-refractivity contribution is 5.75. The van der Waals surface area contributed by atoms with Crippen LogP contribution in [0.1, 0.15) is 6.92 Å². The molecule has 0 atom stereocenters. The Bertz CT molecular complexity index is 258. The molecule has 0 saturated carbocycles. The van der Waals surface area contributed by atoms with E-state index in [-0.39, 0.29) is 0 Å². The maximum absolute atomic E-state index is 4.69. The monoisotopic (exact) mass is 178 g/mol. The Balaban J connectivity index is 0.000000130. The smallest absolute Gasteiger partial charge is 0.274 e. The largest absolute Gasteiger partial charge is 0.469 e. The van der Waals surface area contributed by atoms with Crippen LogP contribution in [0.2, 0.25) is 0 Å². The zero-order chi connectivity index (χ0) is 9.68. The lowest BCUT2D eigenvalue weighted by Crippen LogP contribution is -1.86. The zero-order valence-corrected chi connectivity index (χ0v) is 8.20. The summed E-state index contributed by atoms with van der Waals surface area (Å²) in [6, 6.07) is 8.48. The Labute approximate surface area is 78.8 Å². The number of allylic oxidation sites excluding steroid dienone is 1. The van der Waals surface area contributed by atoms with Crippen molar-refractivity contribution >= 4 is 0 Å². The summed E-state index contributed by atoms with van der Waals surface area (Å²) in [7, 11) is 3.14. The summed E-state index contributed by atoms with van der Waals surface area (Å²) in [6.45, 7) is 1.85. The summed E-state index contributed by atoms with van der Waals surface area (Å²) in [4.78, 5) is 0. The molecule has 0 bridgehead atoms. The van der Waals surface area contributed by atoms with Gasteiger partial charge in [-0.25, -0.2) is 0 Å². The van der Waals surface area contributed by atoms with Crippen LogP contribution < -0.4 is 0 Å². The second-order valence-corrected chi connectivity index (χ2v) is 2.59. The number of rotatable bonds is 2. The molecule has 2 nitrogen and oxygen atoms in total. The molecule has 0 fully saturated rings. The highest BCUT2D eigenvalue weighted by Crippen LogP contribution is 2.29. The van der Waals surface area contributed by atoms with E-state index in [0.29, 0.717) is 5.95 Å². The van der Waals surface area contributed by atoms with Gasteiger partial charge < -0.3 is 9.47 Å². The van der Waals surface area contributed by atoms with Gasteiger partial charge in [0, 0.05) is 0 Å². The third-order valence-electron chi connectivity index (χ3n) is 1.86. The van der Waals surface area contributed by atoms with Gasteiger partial charge in [-0.15, -0.1) is 0 Å². The molecule has 2 rings (SSSR count). The molecule has 0 radical (unpaired) electrons. The van der Waals surface area contributed by atoms with Crippen LogP contribution in [-0.2, 0) is 9.47 Å². The van der Waals surface area contributed by atoms with Crippen LogP contribution in [-0.4, -0.2) is 14.2 Å². The quantitative estimate of drug-likeness (QED) is 0.658. The molecule has 0 aliphatic heterocycles. The summed E-state index contributed by atoms with van der Waals surface area (Å²) >= 11 is 0. The van der Waals surface area contributed by atoms with Gasteiger partial charge in [0.1, 0.15) is 0 Å². The van der Waals surface area contributed by atoms with Gasteiger partial charge >= 0.3 is 0 Å². The molecular formula is C11H14O2. The van der Waals surface area contributed by atoms with Crippen LogP contribution in [0.25, 0.3) is 11.1 Å². The molecule has 0 unspecified atom stereocenters. The van der Waals surface area contributed by atoms with Crippen molar-refractivity contribution < 1.29 is 9.47 Å². The second kappa shape index (κ2) is 4.55. The topological polar surface area (TPSA) is 18.5 Å². The summed E-state index contributed by atoms with van der Waals surface area (Å²) in [5, 5.41) is 0. The van der Waals surface area contributed by atoms with Gasteiger partial charge in [0.05, 0.1) is 14.2 Å². The Morgan fingerprint density at radius 1 is 1.00 bits per heavy atom. The van der Waals surface area contributed by atoms with E-state index >= 15 is 0 Å². The van der Waals surface area contributed by atoms with Crippen molar-refractivity contribution in [3.8, 4) is 11.1 Å². The van der Waals surface area contributed by atoms with Gasteiger partial charge in [-0.05, 0) is 24.1 Å². The van der Waals surface area contributed by atoms with Gasteiger partial charge in [-0.2, -0.15) is 0 Å². The Kier molecular flexibility index (Phi) is 3.38. The SMILES string of the molecule is CC=C(OC)OC.c1cc2ccc1-2. The molecule has 2 heteroatoms. The standard InChI is InChI=1S/C6H4.C5H10O2/c1-2-6-4-3-5(1)6;1-4-5(6-2)7-3/h1-4H;4H,1-3H3. The van der Waals surface area contributed by atoms with E-state index in [2.05, 4.69) is 33.7 Å². The van der Waals surface area contributed by atoms with Crippen LogP contribution in [0.4, 0.5) is 0 Å². The molecule has 0 spiro atoms. The molecule has 0 aromatic carbocycles. The van der Waals surface area contributed by atoms with Crippen LogP contribution in [0, 0.1) is 0 Å².